The van der Waals surface area contributed by atoms with Crippen LogP contribution in [0.5, 0.6) is 0 Å². The fraction of sp³-hybridized carbons (Fsp3) is 0.938. The van der Waals surface area contributed by atoms with Gasteiger partial charge in [-0.05, 0) is 63.7 Å². The summed E-state index contributed by atoms with van der Waals surface area (Å²) >= 11 is 0. The van der Waals surface area contributed by atoms with E-state index in [1.165, 1.54) is 38.8 Å². The smallest absolute Gasteiger partial charge is 0.226 e. The first-order valence-electron chi connectivity index (χ1n) is 8.31. The lowest BCUT2D eigenvalue weighted by molar-refractivity contribution is -0.134. The Kier molecular flexibility index (Phi) is 4.04. The van der Waals surface area contributed by atoms with Crippen molar-refractivity contribution < 1.29 is 4.79 Å². The lowest BCUT2D eigenvalue weighted by Crippen LogP contribution is -2.59. The monoisotopic (exact) mass is 279 g/mol. The van der Waals surface area contributed by atoms with E-state index in [1.807, 2.05) is 0 Å². The van der Waals surface area contributed by atoms with Crippen molar-refractivity contribution in [1.82, 2.24) is 15.5 Å². The highest BCUT2D eigenvalue weighted by atomic mass is 16.2. The van der Waals surface area contributed by atoms with Gasteiger partial charge in [-0.25, -0.2) is 0 Å². The Hall–Kier alpha value is -0.610. The number of amides is 1. The second-order valence-corrected chi connectivity index (χ2v) is 7.48. The van der Waals surface area contributed by atoms with Crippen molar-refractivity contribution in [1.29, 1.82) is 0 Å². The molecule has 4 heterocycles. The third-order valence-electron chi connectivity index (χ3n) is 5.88. The maximum atomic E-state index is 12.8. The molecule has 0 radical (unpaired) electrons. The van der Waals surface area contributed by atoms with Crippen molar-refractivity contribution in [2.24, 2.45) is 17.3 Å². The normalized spacial score (nSPS) is 37.7. The van der Waals surface area contributed by atoms with Crippen LogP contribution in [0.2, 0.25) is 0 Å². The van der Waals surface area contributed by atoms with Gasteiger partial charge in [0, 0.05) is 18.0 Å². The van der Waals surface area contributed by atoms with Crippen molar-refractivity contribution in [2.45, 2.75) is 45.6 Å². The minimum Gasteiger partial charge on any atom is -0.351 e. The Balaban J connectivity index is 1.60. The van der Waals surface area contributed by atoms with Gasteiger partial charge in [0.15, 0.2) is 0 Å². The van der Waals surface area contributed by atoms with Crippen LogP contribution in [0.3, 0.4) is 0 Å². The molecule has 2 N–H and O–H groups in total. The van der Waals surface area contributed by atoms with E-state index in [0.29, 0.717) is 17.9 Å². The molecule has 114 valence electrons. The number of carbonyl (C=O) groups excluding carboxylic acids is 1. The number of rotatable bonds is 3. The van der Waals surface area contributed by atoms with E-state index in [0.717, 1.165) is 19.6 Å². The van der Waals surface area contributed by atoms with Gasteiger partial charge in [0.25, 0.3) is 0 Å². The van der Waals surface area contributed by atoms with Crippen LogP contribution in [0.4, 0.5) is 0 Å². The van der Waals surface area contributed by atoms with Crippen molar-refractivity contribution in [3.8, 4) is 0 Å². The molecule has 2 bridgehead atoms. The largest absolute Gasteiger partial charge is 0.351 e. The molecule has 0 aliphatic carbocycles. The zero-order chi connectivity index (χ0) is 14.2. The number of hydrogen-bond acceptors (Lipinski definition) is 3. The summed E-state index contributed by atoms with van der Waals surface area (Å²) in [6, 6.07) is 0.390. The highest BCUT2D eigenvalue weighted by Crippen LogP contribution is 2.33. The number of hydrogen-bond donors (Lipinski definition) is 2. The second kappa shape index (κ2) is 5.64. The van der Waals surface area contributed by atoms with Crippen LogP contribution in [-0.4, -0.2) is 49.6 Å². The van der Waals surface area contributed by atoms with Crippen LogP contribution in [-0.2, 0) is 4.79 Å². The summed E-state index contributed by atoms with van der Waals surface area (Å²) < 4.78 is 0. The molecule has 2 atom stereocenters. The Labute approximate surface area is 122 Å². The number of nitrogens with one attached hydrogen (secondary N) is 2. The summed E-state index contributed by atoms with van der Waals surface area (Å²) in [6.07, 6.45) is 4.89. The number of piperidine rings is 4. The molecule has 4 rings (SSSR count). The molecule has 1 amide bonds. The molecule has 0 aromatic rings. The average Bonchev–Trinajstić information content (AvgIpc) is 2.49. The van der Waals surface area contributed by atoms with E-state index < -0.39 is 0 Å². The first kappa shape index (κ1) is 14.3. The van der Waals surface area contributed by atoms with E-state index >= 15 is 0 Å². The lowest BCUT2D eigenvalue weighted by atomic mass is 9.73. The molecular formula is C16H29N3O. The summed E-state index contributed by atoms with van der Waals surface area (Å²) in [5.74, 6) is 1.45. The van der Waals surface area contributed by atoms with E-state index in [4.69, 9.17) is 0 Å². The molecule has 2 unspecified atom stereocenters. The van der Waals surface area contributed by atoms with Gasteiger partial charge in [-0.2, -0.15) is 0 Å². The average molecular weight is 279 g/mol. The standard InChI is InChI=1S/C16H29N3O/c1-16(2,13-4-3-7-17-10-13)15(20)18-14-11-19-8-5-12(14)6-9-19/h12-14,17H,3-11H2,1-2H3,(H,18,20). The maximum absolute atomic E-state index is 12.8. The van der Waals surface area contributed by atoms with Crippen LogP contribution in [0.25, 0.3) is 0 Å². The quantitative estimate of drug-likeness (QED) is 0.816. The highest BCUT2D eigenvalue weighted by molar-refractivity contribution is 5.82. The molecule has 4 saturated heterocycles. The maximum Gasteiger partial charge on any atom is 0.226 e. The van der Waals surface area contributed by atoms with Crippen LogP contribution in [0, 0.1) is 17.3 Å². The van der Waals surface area contributed by atoms with Crippen LogP contribution >= 0.6 is 0 Å². The molecule has 20 heavy (non-hydrogen) atoms. The van der Waals surface area contributed by atoms with Gasteiger partial charge in [-0.1, -0.05) is 13.8 Å². The van der Waals surface area contributed by atoms with E-state index in [9.17, 15) is 4.79 Å². The Bertz CT molecular complexity index is 355. The van der Waals surface area contributed by atoms with Gasteiger partial charge in [0.05, 0.1) is 0 Å². The Morgan fingerprint density at radius 2 is 2.00 bits per heavy atom. The second-order valence-electron chi connectivity index (χ2n) is 7.48. The minimum atomic E-state index is -0.251. The molecule has 4 aliphatic rings. The summed E-state index contributed by atoms with van der Waals surface area (Å²) in [4.78, 5) is 15.3. The fourth-order valence-electron chi connectivity index (χ4n) is 4.14. The van der Waals surface area contributed by atoms with E-state index in [2.05, 4.69) is 29.4 Å². The number of nitrogens with zero attached hydrogens (tertiary/aromatic N) is 1. The Morgan fingerprint density at radius 3 is 2.55 bits per heavy atom. The minimum absolute atomic E-state index is 0.251. The summed E-state index contributed by atoms with van der Waals surface area (Å²) in [6.45, 7) is 9.87. The van der Waals surface area contributed by atoms with Gasteiger partial charge in [0.2, 0.25) is 5.91 Å². The predicted octanol–water partition coefficient (Wildman–Crippen LogP) is 1.22. The van der Waals surface area contributed by atoms with Gasteiger partial charge in [-0.3, -0.25) is 4.79 Å². The molecular weight excluding hydrogens is 250 g/mol. The Morgan fingerprint density at radius 1 is 1.25 bits per heavy atom. The van der Waals surface area contributed by atoms with Crippen molar-refractivity contribution in [3.63, 3.8) is 0 Å². The third-order valence-corrected chi connectivity index (χ3v) is 5.88. The first-order chi connectivity index (χ1) is 9.57. The van der Waals surface area contributed by atoms with E-state index in [-0.39, 0.29) is 11.3 Å². The van der Waals surface area contributed by atoms with Gasteiger partial charge in [0.1, 0.15) is 0 Å². The van der Waals surface area contributed by atoms with Gasteiger partial charge >= 0.3 is 0 Å². The number of fused-ring (bicyclic) bond motifs is 3. The first-order valence-corrected chi connectivity index (χ1v) is 8.31. The summed E-state index contributed by atoms with van der Waals surface area (Å²) in [5, 5.41) is 6.82. The number of carbonyl (C=O) groups is 1. The fourth-order valence-corrected chi connectivity index (χ4v) is 4.14. The molecule has 4 heteroatoms. The van der Waals surface area contributed by atoms with Crippen LogP contribution in [0.1, 0.15) is 39.5 Å². The summed E-state index contributed by atoms with van der Waals surface area (Å²) in [7, 11) is 0. The van der Waals surface area contributed by atoms with Crippen molar-refractivity contribution in [3.05, 3.63) is 0 Å². The van der Waals surface area contributed by atoms with Gasteiger partial charge in [-0.15, -0.1) is 0 Å². The zero-order valence-corrected chi connectivity index (χ0v) is 13.0. The molecule has 4 aliphatic heterocycles. The molecule has 0 spiro atoms. The molecule has 0 saturated carbocycles. The lowest BCUT2D eigenvalue weighted by Gasteiger charge is -2.46. The topological polar surface area (TPSA) is 44.4 Å². The molecule has 4 nitrogen and oxygen atoms in total. The highest BCUT2D eigenvalue weighted by Gasteiger charge is 2.41. The molecule has 0 aromatic carbocycles. The predicted molar refractivity (Wildman–Crippen MR) is 80.5 cm³/mol. The molecule has 4 fully saturated rings. The molecule has 0 aromatic heterocycles. The van der Waals surface area contributed by atoms with E-state index in [1.54, 1.807) is 0 Å². The van der Waals surface area contributed by atoms with Crippen LogP contribution in [0.15, 0.2) is 0 Å². The SMILES string of the molecule is CC(C)(C(=O)NC1CN2CCC1CC2)C1CCCNC1. The van der Waals surface area contributed by atoms with Crippen LogP contribution < -0.4 is 10.6 Å². The van der Waals surface area contributed by atoms with Crippen molar-refractivity contribution >= 4 is 5.91 Å². The van der Waals surface area contributed by atoms with Crippen molar-refractivity contribution in [2.75, 3.05) is 32.7 Å². The zero-order valence-electron chi connectivity index (χ0n) is 13.0. The third kappa shape index (κ3) is 2.73. The summed E-state index contributed by atoms with van der Waals surface area (Å²) in [5.41, 5.74) is -0.251. The van der Waals surface area contributed by atoms with Gasteiger partial charge < -0.3 is 15.5 Å².